The Morgan fingerprint density at radius 2 is 1.85 bits per heavy atom. The Morgan fingerprint density at radius 3 is 2.58 bits per heavy atom. The Kier molecular flexibility index (Phi) is 4.55. The fraction of sp³-hybridized carbons (Fsp3) is 0.238. The Hall–Kier alpha value is -2.53. The van der Waals surface area contributed by atoms with Gasteiger partial charge in [0.25, 0.3) is 0 Å². The number of amides is 1. The van der Waals surface area contributed by atoms with Gasteiger partial charge < -0.3 is 9.80 Å². The summed E-state index contributed by atoms with van der Waals surface area (Å²) in [4.78, 5) is 21.0. The molecule has 0 radical (unpaired) electrons. The molecule has 0 bridgehead atoms. The van der Waals surface area contributed by atoms with E-state index >= 15 is 0 Å². The van der Waals surface area contributed by atoms with E-state index in [-0.39, 0.29) is 11.3 Å². The lowest BCUT2D eigenvalue weighted by atomic mass is 10.0. The molecule has 1 aliphatic rings. The molecule has 1 atom stereocenters. The second-order valence-electron chi connectivity index (χ2n) is 6.62. The molecule has 1 fully saturated rings. The maximum atomic E-state index is 12.5. The van der Waals surface area contributed by atoms with E-state index in [0.717, 1.165) is 5.69 Å². The predicted molar refractivity (Wildman–Crippen MR) is 108 cm³/mol. The number of rotatable bonds is 4. The topological polar surface area (TPSA) is 36.4 Å². The van der Waals surface area contributed by atoms with Crippen molar-refractivity contribution in [2.45, 2.75) is 11.9 Å². The van der Waals surface area contributed by atoms with Crippen molar-refractivity contribution in [3.63, 3.8) is 0 Å². The summed E-state index contributed by atoms with van der Waals surface area (Å²) in [6.45, 7) is 0.543. The molecule has 1 amide bonds. The number of fused-ring (bicyclic) bond motifs is 1. The number of pyridine rings is 1. The Morgan fingerprint density at radius 1 is 1.08 bits per heavy atom. The quantitative estimate of drug-likeness (QED) is 0.700. The van der Waals surface area contributed by atoms with E-state index in [0.29, 0.717) is 12.3 Å². The van der Waals surface area contributed by atoms with Crippen LogP contribution in [0.15, 0.2) is 60.8 Å². The van der Waals surface area contributed by atoms with Crippen LogP contribution in [0.3, 0.4) is 0 Å². The van der Waals surface area contributed by atoms with E-state index in [1.54, 1.807) is 18.0 Å². The van der Waals surface area contributed by atoms with Gasteiger partial charge in [-0.05, 0) is 29.1 Å². The molecule has 1 aliphatic heterocycles. The molecule has 5 heteroatoms. The zero-order chi connectivity index (χ0) is 18.1. The first-order chi connectivity index (χ1) is 12.6. The smallest absolute Gasteiger partial charge is 0.234 e. The van der Waals surface area contributed by atoms with Gasteiger partial charge in [0.15, 0.2) is 0 Å². The van der Waals surface area contributed by atoms with Crippen LogP contribution in [0.2, 0.25) is 0 Å². The minimum absolute atomic E-state index is 0.0191. The molecule has 0 saturated carbocycles. The van der Waals surface area contributed by atoms with E-state index in [4.69, 9.17) is 0 Å². The summed E-state index contributed by atoms with van der Waals surface area (Å²) >= 11 is 1.70. The number of hydrogen-bond donors (Lipinski definition) is 0. The van der Waals surface area contributed by atoms with Crippen LogP contribution in [0.25, 0.3) is 10.8 Å². The standard InChI is InChI=1S/C21H21N3OS/c1-23(2)19-11-10-18(16-8-3-4-9-17(16)19)21-24(20(25)14-26-21)13-15-7-5-6-12-22-15/h3-12,21H,13-14H2,1-2H3. The van der Waals surface area contributed by atoms with Crippen LogP contribution in [0.5, 0.6) is 0 Å². The third-order valence-corrected chi connectivity index (χ3v) is 5.95. The molecule has 1 aromatic heterocycles. The van der Waals surface area contributed by atoms with E-state index in [9.17, 15) is 4.79 Å². The monoisotopic (exact) mass is 363 g/mol. The van der Waals surface area contributed by atoms with E-state index in [2.05, 4.69) is 60.4 Å². The fourth-order valence-corrected chi connectivity index (χ4v) is 4.68. The van der Waals surface area contributed by atoms with Crippen LogP contribution in [0.1, 0.15) is 16.6 Å². The van der Waals surface area contributed by atoms with Crippen molar-refractivity contribution >= 4 is 34.1 Å². The number of carbonyl (C=O) groups is 1. The summed E-state index contributed by atoms with van der Waals surface area (Å²) < 4.78 is 0. The lowest BCUT2D eigenvalue weighted by Crippen LogP contribution is -2.28. The number of benzene rings is 2. The van der Waals surface area contributed by atoms with Gasteiger partial charge in [-0.15, -0.1) is 11.8 Å². The van der Waals surface area contributed by atoms with Gasteiger partial charge >= 0.3 is 0 Å². The van der Waals surface area contributed by atoms with Gasteiger partial charge in [-0.2, -0.15) is 0 Å². The van der Waals surface area contributed by atoms with Gasteiger partial charge in [-0.1, -0.05) is 36.4 Å². The molecule has 2 heterocycles. The average molecular weight is 363 g/mol. The number of nitrogens with zero attached hydrogens (tertiary/aromatic N) is 3. The second kappa shape index (κ2) is 7.00. The lowest BCUT2D eigenvalue weighted by molar-refractivity contribution is -0.128. The highest BCUT2D eigenvalue weighted by atomic mass is 32.2. The number of aromatic nitrogens is 1. The van der Waals surface area contributed by atoms with Crippen molar-refractivity contribution in [2.75, 3.05) is 24.7 Å². The molecular formula is C21H21N3OS. The van der Waals surface area contributed by atoms with Crippen molar-refractivity contribution < 1.29 is 4.79 Å². The zero-order valence-electron chi connectivity index (χ0n) is 14.9. The minimum atomic E-state index is 0.0191. The van der Waals surface area contributed by atoms with Crippen LogP contribution in [-0.4, -0.2) is 35.6 Å². The number of carbonyl (C=O) groups excluding carboxylic acids is 1. The van der Waals surface area contributed by atoms with Crippen LogP contribution in [-0.2, 0) is 11.3 Å². The highest BCUT2D eigenvalue weighted by Gasteiger charge is 2.34. The maximum absolute atomic E-state index is 12.5. The van der Waals surface area contributed by atoms with Gasteiger partial charge in [0.05, 0.1) is 18.0 Å². The van der Waals surface area contributed by atoms with Gasteiger partial charge in [0.1, 0.15) is 5.37 Å². The minimum Gasteiger partial charge on any atom is -0.377 e. The van der Waals surface area contributed by atoms with Gasteiger partial charge in [0, 0.05) is 31.4 Å². The molecule has 0 spiro atoms. The summed E-state index contributed by atoms with van der Waals surface area (Å²) in [6, 6.07) is 18.6. The summed E-state index contributed by atoms with van der Waals surface area (Å²) in [5, 5.41) is 2.44. The third-order valence-electron chi connectivity index (χ3n) is 4.71. The lowest BCUT2D eigenvalue weighted by Gasteiger charge is -2.26. The Balaban J connectivity index is 1.76. The van der Waals surface area contributed by atoms with Crippen molar-refractivity contribution in [3.05, 3.63) is 72.1 Å². The highest BCUT2D eigenvalue weighted by Crippen LogP contribution is 2.43. The van der Waals surface area contributed by atoms with E-state index < -0.39 is 0 Å². The first kappa shape index (κ1) is 16.9. The average Bonchev–Trinajstić information content (AvgIpc) is 3.02. The SMILES string of the molecule is CN(C)c1ccc(C2SCC(=O)N2Cc2ccccn2)c2ccccc12. The second-order valence-corrected chi connectivity index (χ2v) is 7.69. The molecule has 3 aromatic rings. The van der Waals surface area contributed by atoms with Crippen LogP contribution < -0.4 is 4.90 Å². The summed E-state index contributed by atoms with van der Waals surface area (Å²) in [5.74, 6) is 0.688. The Bertz CT molecular complexity index is 942. The largest absolute Gasteiger partial charge is 0.377 e. The van der Waals surface area contributed by atoms with Crippen molar-refractivity contribution in [1.29, 1.82) is 0 Å². The molecule has 26 heavy (non-hydrogen) atoms. The predicted octanol–water partition coefficient (Wildman–Crippen LogP) is 4.08. The van der Waals surface area contributed by atoms with Gasteiger partial charge in [-0.25, -0.2) is 0 Å². The van der Waals surface area contributed by atoms with Crippen LogP contribution in [0, 0.1) is 0 Å². The highest BCUT2D eigenvalue weighted by molar-refractivity contribution is 8.00. The summed E-state index contributed by atoms with van der Waals surface area (Å²) in [7, 11) is 4.12. The van der Waals surface area contributed by atoms with E-state index in [1.807, 2.05) is 23.1 Å². The van der Waals surface area contributed by atoms with Crippen LogP contribution >= 0.6 is 11.8 Å². The molecule has 2 aromatic carbocycles. The van der Waals surface area contributed by atoms with E-state index in [1.165, 1.54) is 22.0 Å². The molecule has 132 valence electrons. The molecular weight excluding hydrogens is 342 g/mol. The Labute approximate surface area is 157 Å². The normalized spacial score (nSPS) is 17.1. The van der Waals surface area contributed by atoms with Crippen LogP contribution in [0.4, 0.5) is 5.69 Å². The molecule has 0 aliphatic carbocycles. The zero-order valence-corrected chi connectivity index (χ0v) is 15.7. The number of hydrogen-bond acceptors (Lipinski definition) is 4. The number of thioether (sulfide) groups is 1. The van der Waals surface area contributed by atoms with Gasteiger partial charge in [0.2, 0.25) is 5.91 Å². The van der Waals surface area contributed by atoms with Crippen molar-refractivity contribution in [1.82, 2.24) is 9.88 Å². The molecule has 4 rings (SSSR count). The summed E-state index contributed by atoms with van der Waals surface area (Å²) in [6.07, 6.45) is 1.78. The molecule has 1 unspecified atom stereocenters. The molecule has 0 N–H and O–H groups in total. The first-order valence-corrected chi connectivity index (χ1v) is 9.70. The van der Waals surface area contributed by atoms with Crippen molar-refractivity contribution in [3.8, 4) is 0 Å². The van der Waals surface area contributed by atoms with Gasteiger partial charge in [-0.3, -0.25) is 9.78 Å². The first-order valence-electron chi connectivity index (χ1n) is 8.65. The van der Waals surface area contributed by atoms with Crippen molar-refractivity contribution in [2.24, 2.45) is 0 Å². The molecule has 1 saturated heterocycles. The summed E-state index contributed by atoms with van der Waals surface area (Å²) in [5.41, 5.74) is 3.30. The fourth-order valence-electron chi connectivity index (χ4n) is 3.46. The molecule has 4 nitrogen and oxygen atoms in total. The third kappa shape index (κ3) is 3.03. The maximum Gasteiger partial charge on any atom is 0.234 e. The number of anilines is 1.